The van der Waals surface area contributed by atoms with E-state index >= 15 is 0 Å². The molecule has 0 unspecified atom stereocenters. The smallest absolute Gasteiger partial charge is 0.406 e. The molecule has 2 heterocycles. The monoisotopic (exact) mass is 361 g/mol. The van der Waals surface area contributed by atoms with Gasteiger partial charge in [-0.3, -0.25) is 5.43 Å². The van der Waals surface area contributed by atoms with E-state index in [1.54, 1.807) is 18.3 Å². The van der Waals surface area contributed by atoms with Crippen LogP contribution in [-0.4, -0.2) is 14.6 Å². The Morgan fingerprint density at radius 1 is 1.00 bits per heavy atom. The molecule has 0 saturated heterocycles. The molecule has 7 heteroatoms. The van der Waals surface area contributed by atoms with Gasteiger partial charge in [0.1, 0.15) is 5.52 Å². The zero-order valence-electron chi connectivity index (χ0n) is 15.3. The summed E-state index contributed by atoms with van der Waals surface area (Å²) in [6.07, 6.45) is 1.70. The standard InChI is InChI=1S/C20H19N5O2/c1-12-8-9-15(10-13(12)2)22-19-21-11-14(3)18(23-19)24-25-16-6-4-5-7-17(16)27-20(25)26/h4-11H,1-3H3,(H2,21,22,23,24). The first-order chi connectivity index (χ1) is 13.0. The average Bonchev–Trinajstić information content (AvgIpc) is 2.96. The van der Waals surface area contributed by atoms with E-state index in [0.717, 1.165) is 11.3 Å². The number of nitrogens with one attached hydrogen (secondary N) is 2. The number of benzene rings is 2. The maximum atomic E-state index is 12.2. The van der Waals surface area contributed by atoms with E-state index in [2.05, 4.69) is 34.6 Å². The Kier molecular flexibility index (Phi) is 4.12. The summed E-state index contributed by atoms with van der Waals surface area (Å²) in [6, 6.07) is 13.3. The lowest BCUT2D eigenvalue weighted by Crippen LogP contribution is -2.23. The molecule has 2 aromatic heterocycles. The topological polar surface area (TPSA) is 85.0 Å². The number of hydrogen-bond acceptors (Lipinski definition) is 6. The van der Waals surface area contributed by atoms with E-state index in [1.165, 1.54) is 15.8 Å². The van der Waals surface area contributed by atoms with Gasteiger partial charge in [0.05, 0.1) is 0 Å². The molecule has 4 rings (SSSR count). The van der Waals surface area contributed by atoms with Gasteiger partial charge in [-0.05, 0) is 56.2 Å². The summed E-state index contributed by atoms with van der Waals surface area (Å²) in [5.74, 6) is 0.454. The van der Waals surface area contributed by atoms with E-state index < -0.39 is 5.76 Å². The Bertz CT molecular complexity index is 1190. The lowest BCUT2D eigenvalue weighted by Gasteiger charge is -2.12. The molecule has 2 N–H and O–H groups in total. The van der Waals surface area contributed by atoms with E-state index in [4.69, 9.17) is 4.42 Å². The van der Waals surface area contributed by atoms with Gasteiger partial charge in [-0.25, -0.2) is 9.78 Å². The summed E-state index contributed by atoms with van der Waals surface area (Å²) in [5.41, 5.74) is 8.29. The first-order valence-electron chi connectivity index (χ1n) is 8.57. The van der Waals surface area contributed by atoms with Crippen molar-refractivity contribution in [3.63, 3.8) is 0 Å². The van der Waals surface area contributed by atoms with Crippen molar-refractivity contribution in [1.29, 1.82) is 0 Å². The average molecular weight is 361 g/mol. The normalized spacial score (nSPS) is 10.9. The molecular formula is C20H19N5O2. The maximum Gasteiger partial charge on any atom is 0.439 e. The van der Waals surface area contributed by atoms with Gasteiger partial charge in [0.25, 0.3) is 0 Å². The van der Waals surface area contributed by atoms with E-state index in [0.29, 0.717) is 22.9 Å². The van der Waals surface area contributed by atoms with E-state index in [9.17, 15) is 4.79 Å². The second kappa shape index (κ2) is 6.60. The van der Waals surface area contributed by atoms with Gasteiger partial charge in [-0.1, -0.05) is 18.2 Å². The molecule has 0 amide bonds. The van der Waals surface area contributed by atoms with Crippen LogP contribution in [0.3, 0.4) is 0 Å². The number of anilines is 3. The van der Waals surface area contributed by atoms with Crippen molar-refractivity contribution in [2.75, 3.05) is 10.7 Å². The summed E-state index contributed by atoms with van der Waals surface area (Å²) < 4.78 is 6.59. The number of aromatic nitrogens is 3. The van der Waals surface area contributed by atoms with Crippen LogP contribution >= 0.6 is 0 Å². The molecule has 136 valence electrons. The van der Waals surface area contributed by atoms with Crippen LogP contribution in [0, 0.1) is 20.8 Å². The number of nitrogens with zero attached hydrogens (tertiary/aromatic N) is 3. The van der Waals surface area contributed by atoms with Crippen LogP contribution in [0.4, 0.5) is 17.5 Å². The highest BCUT2D eigenvalue weighted by atomic mass is 16.4. The Morgan fingerprint density at radius 2 is 1.81 bits per heavy atom. The Balaban J connectivity index is 1.67. The van der Waals surface area contributed by atoms with Gasteiger partial charge >= 0.3 is 5.76 Å². The molecule has 4 aromatic rings. The summed E-state index contributed by atoms with van der Waals surface area (Å²) in [7, 11) is 0. The number of fused-ring (bicyclic) bond motifs is 1. The van der Waals surface area contributed by atoms with Crippen molar-refractivity contribution in [1.82, 2.24) is 14.6 Å². The van der Waals surface area contributed by atoms with Crippen molar-refractivity contribution < 1.29 is 4.42 Å². The van der Waals surface area contributed by atoms with Crippen LogP contribution in [0.25, 0.3) is 11.1 Å². The van der Waals surface area contributed by atoms with Gasteiger partial charge in [0.15, 0.2) is 11.4 Å². The van der Waals surface area contributed by atoms with Crippen molar-refractivity contribution in [2.24, 2.45) is 0 Å². The van der Waals surface area contributed by atoms with E-state index in [1.807, 2.05) is 37.3 Å². The summed E-state index contributed by atoms with van der Waals surface area (Å²) in [5, 5.41) is 3.20. The Labute approximate surface area is 155 Å². The SMILES string of the molecule is Cc1ccc(Nc2ncc(C)c(Nn3c(=O)oc4ccccc43)n2)cc1C. The third kappa shape index (κ3) is 3.27. The van der Waals surface area contributed by atoms with Crippen LogP contribution in [0.2, 0.25) is 0 Å². The molecule has 0 aliphatic carbocycles. The fourth-order valence-electron chi connectivity index (χ4n) is 2.74. The van der Waals surface area contributed by atoms with Crippen LogP contribution in [0.15, 0.2) is 57.9 Å². The Morgan fingerprint density at radius 3 is 2.63 bits per heavy atom. The van der Waals surface area contributed by atoms with Gasteiger partial charge in [0, 0.05) is 17.4 Å². The number of rotatable bonds is 4. The molecular weight excluding hydrogens is 342 g/mol. The molecule has 0 fully saturated rings. The second-order valence-electron chi connectivity index (χ2n) is 6.43. The number of aryl methyl sites for hydroxylation is 3. The van der Waals surface area contributed by atoms with Crippen LogP contribution in [0.1, 0.15) is 16.7 Å². The van der Waals surface area contributed by atoms with Gasteiger partial charge in [-0.2, -0.15) is 9.66 Å². The zero-order chi connectivity index (χ0) is 19.0. The summed E-state index contributed by atoms with van der Waals surface area (Å²) in [4.78, 5) is 21.0. The van der Waals surface area contributed by atoms with Gasteiger partial charge < -0.3 is 9.73 Å². The molecule has 0 radical (unpaired) electrons. The van der Waals surface area contributed by atoms with Crippen molar-refractivity contribution >= 4 is 28.6 Å². The molecule has 0 atom stereocenters. The van der Waals surface area contributed by atoms with E-state index in [-0.39, 0.29) is 0 Å². The third-order valence-corrected chi connectivity index (χ3v) is 4.44. The maximum absolute atomic E-state index is 12.2. The van der Waals surface area contributed by atoms with Crippen LogP contribution in [0.5, 0.6) is 0 Å². The fraction of sp³-hybridized carbons (Fsp3) is 0.150. The zero-order valence-corrected chi connectivity index (χ0v) is 15.3. The first-order valence-corrected chi connectivity index (χ1v) is 8.57. The highest BCUT2D eigenvalue weighted by Gasteiger charge is 2.11. The predicted octanol–water partition coefficient (Wildman–Crippen LogP) is 3.93. The number of para-hydroxylation sites is 2. The van der Waals surface area contributed by atoms with Crippen molar-refractivity contribution in [3.8, 4) is 0 Å². The minimum Gasteiger partial charge on any atom is -0.406 e. The molecule has 27 heavy (non-hydrogen) atoms. The third-order valence-electron chi connectivity index (χ3n) is 4.44. The minimum atomic E-state index is -0.502. The number of oxazole rings is 1. The molecule has 0 aliphatic rings. The summed E-state index contributed by atoms with van der Waals surface area (Å²) in [6.45, 7) is 5.99. The minimum absolute atomic E-state index is 0.437. The lowest BCUT2D eigenvalue weighted by molar-refractivity contribution is 0.532. The van der Waals surface area contributed by atoms with Gasteiger partial charge in [0.2, 0.25) is 5.95 Å². The lowest BCUT2D eigenvalue weighted by atomic mass is 10.1. The van der Waals surface area contributed by atoms with Crippen molar-refractivity contribution in [2.45, 2.75) is 20.8 Å². The molecule has 0 bridgehead atoms. The van der Waals surface area contributed by atoms with Crippen LogP contribution < -0.4 is 16.5 Å². The highest BCUT2D eigenvalue weighted by molar-refractivity contribution is 5.73. The highest BCUT2D eigenvalue weighted by Crippen LogP contribution is 2.20. The van der Waals surface area contributed by atoms with Crippen LogP contribution in [-0.2, 0) is 0 Å². The van der Waals surface area contributed by atoms with Crippen molar-refractivity contribution in [3.05, 3.63) is 75.9 Å². The quantitative estimate of drug-likeness (QED) is 0.573. The molecule has 2 aromatic carbocycles. The van der Waals surface area contributed by atoms with Gasteiger partial charge in [-0.15, -0.1) is 0 Å². The number of hydrogen-bond donors (Lipinski definition) is 2. The molecule has 0 saturated carbocycles. The predicted molar refractivity (Wildman–Crippen MR) is 105 cm³/mol. The molecule has 7 nitrogen and oxygen atoms in total. The Hall–Kier alpha value is -3.61. The fourth-order valence-corrected chi connectivity index (χ4v) is 2.74. The largest absolute Gasteiger partial charge is 0.439 e. The first kappa shape index (κ1) is 16.8. The molecule has 0 aliphatic heterocycles. The molecule has 0 spiro atoms. The second-order valence-corrected chi connectivity index (χ2v) is 6.43. The summed E-state index contributed by atoms with van der Waals surface area (Å²) >= 11 is 0.